The topological polar surface area (TPSA) is 110 Å². The maximum atomic E-state index is 14.3. The first kappa shape index (κ1) is 26.6. The molecule has 0 saturated heterocycles. The fourth-order valence-electron chi connectivity index (χ4n) is 4.68. The molecular weight excluding hydrogens is 524 g/mol. The van der Waals surface area contributed by atoms with Crippen molar-refractivity contribution in [1.29, 1.82) is 0 Å². The van der Waals surface area contributed by atoms with Gasteiger partial charge in [0.05, 0.1) is 24.3 Å². The zero-order chi connectivity index (χ0) is 28.4. The average molecular weight is 551 g/mol. The highest BCUT2D eigenvalue weighted by atomic mass is 32.2. The molecule has 0 saturated carbocycles. The van der Waals surface area contributed by atoms with E-state index in [9.17, 15) is 13.2 Å². The summed E-state index contributed by atoms with van der Waals surface area (Å²) in [6, 6.07) is 23.5. The van der Waals surface area contributed by atoms with Crippen LogP contribution in [0.3, 0.4) is 0 Å². The molecule has 200 valence electrons. The van der Waals surface area contributed by atoms with Gasteiger partial charge in [0.1, 0.15) is 11.6 Å². The first-order chi connectivity index (χ1) is 19.1. The van der Waals surface area contributed by atoms with Crippen molar-refractivity contribution in [3.8, 4) is 16.8 Å². The SMILES string of the molecule is [C-]#[N+]c1cnc(C)nc1N[C@@H](C)c1cc2cccc(-c3cccc(NS(C)(=O)=O)c3)c2c(=O)n1-c1ccccc1. The molecule has 0 unspecified atom stereocenters. The number of aryl methyl sites for hydroxylation is 1. The lowest BCUT2D eigenvalue weighted by molar-refractivity contribution is 0.607. The van der Waals surface area contributed by atoms with Crippen LogP contribution >= 0.6 is 0 Å². The number of aromatic nitrogens is 3. The van der Waals surface area contributed by atoms with Crippen LogP contribution in [0.15, 0.2) is 89.9 Å². The third-order valence-electron chi connectivity index (χ3n) is 6.37. The second-order valence-electron chi connectivity index (χ2n) is 9.40. The van der Waals surface area contributed by atoms with Gasteiger partial charge >= 0.3 is 0 Å². The van der Waals surface area contributed by atoms with E-state index in [0.29, 0.717) is 45.2 Å². The van der Waals surface area contributed by atoms with Crippen molar-refractivity contribution in [2.45, 2.75) is 19.9 Å². The zero-order valence-corrected chi connectivity index (χ0v) is 22.9. The predicted molar refractivity (Wildman–Crippen MR) is 159 cm³/mol. The molecule has 2 aromatic heterocycles. The van der Waals surface area contributed by atoms with Crippen molar-refractivity contribution < 1.29 is 8.42 Å². The van der Waals surface area contributed by atoms with Crippen LogP contribution in [0.2, 0.25) is 0 Å². The summed E-state index contributed by atoms with van der Waals surface area (Å²) >= 11 is 0. The Morgan fingerprint density at radius 2 is 1.75 bits per heavy atom. The van der Waals surface area contributed by atoms with E-state index >= 15 is 0 Å². The van der Waals surface area contributed by atoms with Gasteiger partial charge in [-0.05, 0) is 60.7 Å². The number of fused-ring (bicyclic) bond motifs is 1. The van der Waals surface area contributed by atoms with E-state index in [4.69, 9.17) is 6.57 Å². The number of nitrogens with zero attached hydrogens (tertiary/aromatic N) is 4. The van der Waals surface area contributed by atoms with E-state index in [1.807, 2.05) is 67.6 Å². The summed E-state index contributed by atoms with van der Waals surface area (Å²) in [5, 5.41) is 4.53. The molecule has 0 amide bonds. The number of hydrogen-bond acceptors (Lipinski definition) is 6. The van der Waals surface area contributed by atoms with Gasteiger partial charge in [-0.1, -0.05) is 48.5 Å². The third kappa shape index (κ3) is 5.41. The second-order valence-corrected chi connectivity index (χ2v) is 11.1. The van der Waals surface area contributed by atoms with Gasteiger partial charge in [-0.25, -0.2) is 18.2 Å². The molecule has 0 aliphatic heterocycles. The van der Waals surface area contributed by atoms with E-state index in [-0.39, 0.29) is 11.2 Å². The van der Waals surface area contributed by atoms with E-state index in [1.54, 1.807) is 29.7 Å². The highest BCUT2D eigenvalue weighted by molar-refractivity contribution is 7.92. The van der Waals surface area contributed by atoms with Gasteiger partial charge in [0.15, 0.2) is 0 Å². The number of para-hydroxylation sites is 1. The minimum absolute atomic E-state index is 0.228. The van der Waals surface area contributed by atoms with Crippen molar-refractivity contribution in [1.82, 2.24) is 14.5 Å². The fourth-order valence-corrected chi connectivity index (χ4v) is 5.23. The van der Waals surface area contributed by atoms with Crippen LogP contribution in [0, 0.1) is 13.5 Å². The number of benzene rings is 3. The minimum Gasteiger partial charge on any atom is -0.371 e. The molecule has 0 aliphatic carbocycles. The van der Waals surface area contributed by atoms with Crippen LogP contribution in [-0.4, -0.2) is 29.2 Å². The molecule has 0 fully saturated rings. The Hall–Kier alpha value is -5.01. The van der Waals surface area contributed by atoms with Crippen LogP contribution in [0.25, 0.3) is 32.4 Å². The Kier molecular flexibility index (Phi) is 7.07. The van der Waals surface area contributed by atoms with Crippen LogP contribution in [0.5, 0.6) is 0 Å². The van der Waals surface area contributed by atoms with Crippen LogP contribution in [-0.2, 0) is 10.0 Å². The number of anilines is 2. The Bertz CT molecular complexity index is 1950. The molecule has 0 aliphatic rings. The number of nitrogens with one attached hydrogen (secondary N) is 2. The standard InChI is InChI=1S/C30H26N6O3S/c1-19(33-29-26(31-3)18-32-20(2)34-29)27-17-22-11-9-15-25(21-10-8-12-23(16-21)35-40(4,38)39)28(22)30(37)36(27)24-13-6-5-7-14-24/h5-19,35H,1-2,4H3,(H,32,33,34)/t19-/m0/s1. The monoisotopic (exact) mass is 550 g/mol. The quantitative estimate of drug-likeness (QED) is 0.246. The summed E-state index contributed by atoms with van der Waals surface area (Å²) < 4.78 is 27.8. The summed E-state index contributed by atoms with van der Waals surface area (Å²) in [6.07, 6.45) is 2.57. The maximum absolute atomic E-state index is 14.3. The number of rotatable bonds is 7. The Labute approximate surface area is 232 Å². The molecular formula is C30H26N6O3S. The van der Waals surface area contributed by atoms with Crippen LogP contribution < -0.4 is 15.6 Å². The van der Waals surface area contributed by atoms with Crippen molar-refractivity contribution in [3.63, 3.8) is 0 Å². The second kappa shape index (κ2) is 10.6. The van der Waals surface area contributed by atoms with Gasteiger partial charge in [-0.3, -0.25) is 19.1 Å². The Morgan fingerprint density at radius 1 is 1.00 bits per heavy atom. The average Bonchev–Trinajstić information content (AvgIpc) is 2.92. The molecule has 10 heteroatoms. The van der Waals surface area contributed by atoms with E-state index < -0.39 is 16.1 Å². The van der Waals surface area contributed by atoms with Crippen molar-refractivity contribution in [3.05, 3.63) is 118 Å². The lowest BCUT2D eigenvalue weighted by atomic mass is 9.97. The van der Waals surface area contributed by atoms with Crippen LogP contribution in [0.4, 0.5) is 17.2 Å². The predicted octanol–water partition coefficient (Wildman–Crippen LogP) is 5.85. The van der Waals surface area contributed by atoms with E-state index in [0.717, 1.165) is 11.6 Å². The van der Waals surface area contributed by atoms with Gasteiger partial charge < -0.3 is 5.32 Å². The first-order valence-corrected chi connectivity index (χ1v) is 14.3. The van der Waals surface area contributed by atoms with Crippen molar-refractivity contribution >= 4 is 38.0 Å². The van der Waals surface area contributed by atoms with Crippen molar-refractivity contribution in [2.75, 3.05) is 16.3 Å². The molecule has 9 nitrogen and oxygen atoms in total. The first-order valence-electron chi connectivity index (χ1n) is 12.4. The zero-order valence-electron chi connectivity index (χ0n) is 22.1. The maximum Gasteiger partial charge on any atom is 0.263 e. The molecule has 0 radical (unpaired) electrons. The van der Waals surface area contributed by atoms with Gasteiger partial charge in [0, 0.05) is 23.3 Å². The fraction of sp³-hybridized carbons (Fsp3) is 0.133. The molecule has 40 heavy (non-hydrogen) atoms. The highest BCUT2D eigenvalue weighted by Gasteiger charge is 2.20. The molecule has 0 spiro atoms. The molecule has 2 N–H and O–H groups in total. The summed E-state index contributed by atoms with van der Waals surface area (Å²) in [5.41, 5.74) is 3.22. The summed E-state index contributed by atoms with van der Waals surface area (Å²) in [6.45, 7) is 11.2. The summed E-state index contributed by atoms with van der Waals surface area (Å²) in [7, 11) is -3.47. The highest BCUT2D eigenvalue weighted by Crippen LogP contribution is 2.32. The number of sulfonamides is 1. The smallest absolute Gasteiger partial charge is 0.263 e. The summed E-state index contributed by atoms with van der Waals surface area (Å²) in [5.74, 6) is 0.921. The molecule has 2 heterocycles. The normalized spacial score (nSPS) is 12.1. The minimum atomic E-state index is -3.47. The van der Waals surface area contributed by atoms with Gasteiger partial charge in [0.2, 0.25) is 15.7 Å². The molecule has 5 rings (SSSR count). The molecule has 1 atom stereocenters. The summed E-state index contributed by atoms with van der Waals surface area (Å²) in [4.78, 5) is 26.4. The largest absolute Gasteiger partial charge is 0.371 e. The van der Waals surface area contributed by atoms with Gasteiger partial charge in [-0.2, -0.15) is 0 Å². The molecule has 3 aromatic carbocycles. The number of hydrogen-bond donors (Lipinski definition) is 2. The van der Waals surface area contributed by atoms with Gasteiger partial charge in [0.25, 0.3) is 5.56 Å². The lowest BCUT2D eigenvalue weighted by Crippen LogP contribution is -2.26. The Morgan fingerprint density at radius 3 is 2.48 bits per heavy atom. The van der Waals surface area contributed by atoms with Crippen molar-refractivity contribution in [2.24, 2.45) is 0 Å². The third-order valence-corrected chi connectivity index (χ3v) is 6.98. The van der Waals surface area contributed by atoms with Gasteiger partial charge in [-0.15, -0.1) is 0 Å². The Balaban J connectivity index is 1.72. The number of pyridine rings is 1. The van der Waals surface area contributed by atoms with Crippen LogP contribution in [0.1, 0.15) is 24.5 Å². The lowest BCUT2D eigenvalue weighted by Gasteiger charge is -2.22. The molecule has 5 aromatic rings. The van der Waals surface area contributed by atoms with E-state index in [1.165, 1.54) is 6.20 Å². The van der Waals surface area contributed by atoms with E-state index in [2.05, 4.69) is 24.9 Å². The molecule has 0 bridgehead atoms.